The van der Waals surface area contributed by atoms with Gasteiger partial charge in [0.2, 0.25) is 0 Å². The Kier molecular flexibility index (Phi) is 4.40. The van der Waals surface area contributed by atoms with Gasteiger partial charge >= 0.3 is 0 Å². The number of rotatable bonds is 5. The van der Waals surface area contributed by atoms with Crippen LogP contribution < -0.4 is 15.0 Å². The van der Waals surface area contributed by atoms with Gasteiger partial charge in [-0.25, -0.2) is 4.98 Å². The lowest BCUT2D eigenvalue weighted by Gasteiger charge is -2.11. The molecule has 106 valence electrons. The minimum absolute atomic E-state index is 0.0911. The van der Waals surface area contributed by atoms with E-state index in [4.69, 9.17) is 9.47 Å². The van der Waals surface area contributed by atoms with Crippen molar-refractivity contribution in [3.63, 3.8) is 0 Å². The second-order valence-corrected chi connectivity index (χ2v) is 4.38. The SMILES string of the molecule is CCCc1c(-c2ccc(OC)c(OC)c2)nc[nH]c1=O. The highest BCUT2D eigenvalue weighted by molar-refractivity contribution is 5.66. The summed E-state index contributed by atoms with van der Waals surface area (Å²) >= 11 is 0. The first-order valence-corrected chi connectivity index (χ1v) is 6.50. The zero-order valence-corrected chi connectivity index (χ0v) is 11.9. The number of nitrogens with one attached hydrogen (secondary N) is 1. The summed E-state index contributed by atoms with van der Waals surface area (Å²) in [7, 11) is 3.17. The summed E-state index contributed by atoms with van der Waals surface area (Å²) in [4.78, 5) is 18.9. The van der Waals surface area contributed by atoms with Crippen LogP contribution in [-0.2, 0) is 6.42 Å². The Labute approximate surface area is 117 Å². The molecule has 2 aromatic rings. The van der Waals surface area contributed by atoms with E-state index in [-0.39, 0.29) is 5.56 Å². The van der Waals surface area contributed by atoms with Gasteiger partial charge in [0, 0.05) is 11.1 Å². The molecule has 0 saturated carbocycles. The lowest BCUT2D eigenvalue weighted by Crippen LogP contribution is -2.14. The quantitative estimate of drug-likeness (QED) is 0.909. The number of hydrogen-bond donors (Lipinski definition) is 1. The molecule has 1 heterocycles. The minimum atomic E-state index is -0.0911. The first kappa shape index (κ1) is 14.1. The summed E-state index contributed by atoms with van der Waals surface area (Å²) < 4.78 is 10.5. The van der Waals surface area contributed by atoms with Crippen molar-refractivity contribution in [2.75, 3.05) is 14.2 Å². The maximum atomic E-state index is 11.9. The molecule has 0 unspecified atom stereocenters. The fraction of sp³-hybridized carbons (Fsp3) is 0.333. The molecule has 20 heavy (non-hydrogen) atoms. The summed E-state index contributed by atoms with van der Waals surface area (Å²) in [5.41, 5.74) is 2.14. The highest BCUT2D eigenvalue weighted by Crippen LogP contribution is 2.32. The Hall–Kier alpha value is -2.30. The van der Waals surface area contributed by atoms with Crippen molar-refractivity contribution < 1.29 is 9.47 Å². The van der Waals surface area contributed by atoms with E-state index in [2.05, 4.69) is 9.97 Å². The Morgan fingerprint density at radius 2 is 1.95 bits per heavy atom. The summed E-state index contributed by atoms with van der Waals surface area (Å²) in [6.07, 6.45) is 3.00. The standard InChI is InChI=1S/C15H18N2O3/c1-4-5-11-14(16-9-17-15(11)18)10-6-7-12(19-2)13(8-10)20-3/h6-9H,4-5H2,1-3H3,(H,16,17,18). The topological polar surface area (TPSA) is 64.2 Å². The lowest BCUT2D eigenvalue weighted by molar-refractivity contribution is 0.355. The molecule has 0 atom stereocenters. The Bertz CT molecular complexity index is 650. The first-order valence-electron chi connectivity index (χ1n) is 6.50. The molecule has 2 rings (SSSR count). The van der Waals surface area contributed by atoms with Gasteiger partial charge in [-0.3, -0.25) is 4.79 Å². The third kappa shape index (κ3) is 2.66. The maximum absolute atomic E-state index is 11.9. The van der Waals surface area contributed by atoms with Gasteiger partial charge in [0.05, 0.1) is 26.2 Å². The molecule has 1 aromatic heterocycles. The van der Waals surface area contributed by atoms with Crippen molar-refractivity contribution in [3.05, 3.63) is 40.4 Å². The van der Waals surface area contributed by atoms with E-state index in [1.807, 2.05) is 25.1 Å². The number of benzene rings is 1. The molecule has 0 aliphatic heterocycles. The monoisotopic (exact) mass is 274 g/mol. The summed E-state index contributed by atoms with van der Waals surface area (Å²) in [6, 6.07) is 5.52. The van der Waals surface area contributed by atoms with Crippen molar-refractivity contribution >= 4 is 0 Å². The van der Waals surface area contributed by atoms with Crippen LogP contribution >= 0.6 is 0 Å². The second kappa shape index (κ2) is 6.23. The Balaban J connectivity index is 2.57. The van der Waals surface area contributed by atoms with Gasteiger partial charge in [-0.05, 0) is 24.6 Å². The van der Waals surface area contributed by atoms with E-state index in [1.165, 1.54) is 6.33 Å². The van der Waals surface area contributed by atoms with E-state index >= 15 is 0 Å². The number of H-pyrrole nitrogens is 1. The zero-order chi connectivity index (χ0) is 14.5. The lowest BCUT2D eigenvalue weighted by atomic mass is 10.0. The molecule has 0 radical (unpaired) electrons. The van der Waals surface area contributed by atoms with Gasteiger partial charge in [-0.2, -0.15) is 0 Å². The molecule has 1 aromatic carbocycles. The molecule has 5 heteroatoms. The summed E-state index contributed by atoms with van der Waals surface area (Å²) in [5, 5.41) is 0. The van der Waals surface area contributed by atoms with Crippen LogP contribution in [0.4, 0.5) is 0 Å². The van der Waals surface area contributed by atoms with Crippen molar-refractivity contribution in [1.82, 2.24) is 9.97 Å². The molecule has 0 fully saturated rings. The van der Waals surface area contributed by atoms with Crippen molar-refractivity contribution in [2.24, 2.45) is 0 Å². The van der Waals surface area contributed by atoms with Gasteiger partial charge < -0.3 is 14.5 Å². The number of methoxy groups -OCH3 is 2. The fourth-order valence-electron chi connectivity index (χ4n) is 2.14. The Morgan fingerprint density at radius 3 is 2.60 bits per heavy atom. The van der Waals surface area contributed by atoms with Crippen LogP contribution in [0.3, 0.4) is 0 Å². The third-order valence-corrected chi connectivity index (χ3v) is 3.11. The average molecular weight is 274 g/mol. The molecule has 0 aliphatic carbocycles. The number of nitrogens with zero attached hydrogens (tertiary/aromatic N) is 1. The number of hydrogen-bond acceptors (Lipinski definition) is 4. The van der Waals surface area contributed by atoms with E-state index in [9.17, 15) is 4.79 Å². The maximum Gasteiger partial charge on any atom is 0.254 e. The second-order valence-electron chi connectivity index (χ2n) is 4.38. The molecule has 5 nitrogen and oxygen atoms in total. The van der Waals surface area contributed by atoms with Gasteiger partial charge in [-0.1, -0.05) is 13.3 Å². The smallest absolute Gasteiger partial charge is 0.254 e. The number of aromatic amines is 1. The van der Waals surface area contributed by atoms with Crippen LogP contribution in [0.25, 0.3) is 11.3 Å². The van der Waals surface area contributed by atoms with Crippen LogP contribution in [0, 0.1) is 0 Å². The number of ether oxygens (including phenoxy) is 2. The van der Waals surface area contributed by atoms with E-state index in [1.54, 1.807) is 14.2 Å². The van der Waals surface area contributed by atoms with E-state index < -0.39 is 0 Å². The zero-order valence-electron chi connectivity index (χ0n) is 11.9. The molecular formula is C15H18N2O3. The molecule has 0 saturated heterocycles. The van der Waals surface area contributed by atoms with Crippen molar-refractivity contribution in [3.8, 4) is 22.8 Å². The van der Waals surface area contributed by atoms with Crippen LogP contribution in [0.1, 0.15) is 18.9 Å². The van der Waals surface area contributed by atoms with Gasteiger partial charge in [0.15, 0.2) is 11.5 Å². The molecular weight excluding hydrogens is 256 g/mol. The van der Waals surface area contributed by atoms with Gasteiger partial charge in [0.1, 0.15) is 0 Å². The van der Waals surface area contributed by atoms with Crippen LogP contribution in [0.2, 0.25) is 0 Å². The molecule has 0 amide bonds. The van der Waals surface area contributed by atoms with Gasteiger partial charge in [0.25, 0.3) is 5.56 Å². The van der Waals surface area contributed by atoms with Crippen molar-refractivity contribution in [2.45, 2.75) is 19.8 Å². The van der Waals surface area contributed by atoms with Gasteiger partial charge in [-0.15, -0.1) is 0 Å². The fourth-order valence-corrected chi connectivity index (χ4v) is 2.14. The van der Waals surface area contributed by atoms with Crippen LogP contribution in [0.5, 0.6) is 11.5 Å². The van der Waals surface area contributed by atoms with Crippen LogP contribution in [0.15, 0.2) is 29.3 Å². The van der Waals surface area contributed by atoms with Crippen molar-refractivity contribution in [1.29, 1.82) is 0 Å². The largest absolute Gasteiger partial charge is 0.493 e. The molecule has 0 aliphatic rings. The van der Waals surface area contributed by atoms with E-state index in [0.29, 0.717) is 29.2 Å². The van der Waals surface area contributed by atoms with E-state index in [0.717, 1.165) is 12.0 Å². The first-order chi connectivity index (χ1) is 9.71. The van der Waals surface area contributed by atoms with Crippen LogP contribution in [-0.4, -0.2) is 24.2 Å². The molecule has 1 N–H and O–H groups in total. The minimum Gasteiger partial charge on any atom is -0.493 e. The molecule has 0 spiro atoms. The highest BCUT2D eigenvalue weighted by Gasteiger charge is 2.12. The highest BCUT2D eigenvalue weighted by atomic mass is 16.5. The summed E-state index contributed by atoms with van der Waals surface area (Å²) in [5.74, 6) is 1.27. The summed E-state index contributed by atoms with van der Waals surface area (Å²) in [6.45, 7) is 2.03. The molecule has 0 bridgehead atoms. The average Bonchev–Trinajstić information content (AvgIpc) is 2.48. The Morgan fingerprint density at radius 1 is 1.20 bits per heavy atom. The third-order valence-electron chi connectivity index (χ3n) is 3.11. The number of aromatic nitrogens is 2. The predicted octanol–water partition coefficient (Wildman–Crippen LogP) is 2.41. The predicted molar refractivity (Wildman–Crippen MR) is 77.4 cm³/mol. The normalized spacial score (nSPS) is 10.3.